The van der Waals surface area contributed by atoms with Crippen molar-refractivity contribution in [2.45, 2.75) is 43.7 Å². The van der Waals surface area contributed by atoms with Crippen LogP contribution >= 0.6 is 0 Å². The number of hydrogen-bond acceptors (Lipinski definition) is 8. The van der Waals surface area contributed by atoms with Crippen LogP contribution in [0.1, 0.15) is 36.6 Å². The molecule has 1 amide bonds. The van der Waals surface area contributed by atoms with Gasteiger partial charge in [0.05, 0.1) is 28.9 Å². The molecular formula is C26H32N4O5S. The fourth-order valence-corrected chi connectivity index (χ4v) is 4.60. The monoisotopic (exact) mass is 512 g/mol. The molecule has 0 aliphatic rings. The van der Waals surface area contributed by atoms with Crippen LogP contribution < -0.4 is 16.4 Å². The van der Waals surface area contributed by atoms with E-state index in [0.717, 1.165) is 11.1 Å². The van der Waals surface area contributed by atoms with Gasteiger partial charge in [-0.05, 0) is 48.7 Å². The van der Waals surface area contributed by atoms with Crippen molar-refractivity contribution < 1.29 is 23.4 Å². The number of phenols is 1. The van der Waals surface area contributed by atoms with E-state index >= 15 is 0 Å². The number of rotatable bonds is 11. The van der Waals surface area contributed by atoms with Gasteiger partial charge in [-0.15, -0.1) is 0 Å². The second-order valence-electron chi connectivity index (χ2n) is 8.67. The number of sulfone groups is 1. The maximum absolute atomic E-state index is 12.6. The summed E-state index contributed by atoms with van der Waals surface area (Å²) in [4.78, 5) is 16.6. The van der Waals surface area contributed by atoms with Gasteiger partial charge < -0.3 is 26.6 Å². The van der Waals surface area contributed by atoms with Gasteiger partial charge in [0.2, 0.25) is 5.91 Å². The van der Waals surface area contributed by atoms with Crippen molar-refractivity contribution in [3.8, 4) is 5.75 Å². The number of hydrogen-bond donors (Lipinski definition) is 5. The molecule has 0 spiro atoms. The van der Waals surface area contributed by atoms with Crippen LogP contribution in [0.4, 0.5) is 11.5 Å². The molecule has 1 aromatic heterocycles. The summed E-state index contributed by atoms with van der Waals surface area (Å²) < 4.78 is 24.2. The Hall–Kier alpha value is -3.47. The number of aliphatic hydroxyl groups is 1. The van der Waals surface area contributed by atoms with Crippen molar-refractivity contribution in [1.82, 2.24) is 10.3 Å². The number of pyridine rings is 1. The van der Waals surface area contributed by atoms with E-state index in [1.54, 1.807) is 18.3 Å². The molecule has 2 atom stereocenters. The highest BCUT2D eigenvalue weighted by molar-refractivity contribution is 7.91. The Morgan fingerprint density at radius 1 is 1.11 bits per heavy atom. The number of benzene rings is 2. The van der Waals surface area contributed by atoms with Gasteiger partial charge in [0.25, 0.3) is 0 Å². The number of nitrogens with one attached hydrogen (secondary N) is 2. The minimum atomic E-state index is -3.47. The number of phenolic OH excluding ortho intramolecular Hbond substituents is 1. The normalized spacial score (nSPS) is 13.2. The fourth-order valence-electron chi connectivity index (χ4n) is 3.69. The van der Waals surface area contributed by atoms with Crippen LogP contribution in [-0.4, -0.2) is 47.9 Å². The van der Waals surface area contributed by atoms with Gasteiger partial charge in [-0.2, -0.15) is 0 Å². The van der Waals surface area contributed by atoms with Crippen LogP contribution in [0.15, 0.2) is 65.7 Å². The topological polar surface area (TPSA) is 155 Å². The third-order valence-electron chi connectivity index (χ3n) is 5.73. The highest BCUT2D eigenvalue weighted by atomic mass is 32.2. The first-order valence-corrected chi connectivity index (χ1v) is 13.3. The Balaban J connectivity index is 1.56. The first-order valence-electron chi connectivity index (χ1n) is 11.6. The van der Waals surface area contributed by atoms with Crippen LogP contribution in [0.5, 0.6) is 5.75 Å². The van der Waals surface area contributed by atoms with Crippen LogP contribution in [0.2, 0.25) is 0 Å². The maximum atomic E-state index is 12.6. The Labute approximate surface area is 211 Å². The van der Waals surface area contributed by atoms with E-state index < -0.39 is 15.9 Å². The van der Waals surface area contributed by atoms with Gasteiger partial charge in [0.1, 0.15) is 11.6 Å². The molecular weight excluding hydrogens is 480 g/mol. The summed E-state index contributed by atoms with van der Waals surface area (Å²) in [6, 6.07) is 14.9. The lowest BCUT2D eigenvalue weighted by molar-refractivity contribution is -0.115. The summed E-state index contributed by atoms with van der Waals surface area (Å²) in [5, 5.41) is 26.3. The largest absolute Gasteiger partial charge is 0.506 e. The van der Waals surface area contributed by atoms with Gasteiger partial charge in [0.15, 0.2) is 9.84 Å². The zero-order chi connectivity index (χ0) is 26.3. The fraction of sp³-hybridized carbons (Fsp3) is 0.308. The molecule has 6 N–H and O–H groups in total. The third-order valence-corrected chi connectivity index (χ3v) is 7.47. The lowest BCUT2D eigenvalue weighted by Gasteiger charge is -2.18. The number of carbonyl (C=O) groups excluding carboxylic acids is 1. The van der Waals surface area contributed by atoms with Crippen molar-refractivity contribution in [2.75, 3.05) is 23.3 Å². The Kier molecular flexibility index (Phi) is 9.03. The predicted octanol–water partition coefficient (Wildman–Crippen LogP) is 2.60. The number of carbonyl (C=O) groups is 1. The Morgan fingerprint density at radius 2 is 1.86 bits per heavy atom. The Morgan fingerprint density at radius 3 is 2.56 bits per heavy atom. The summed E-state index contributed by atoms with van der Waals surface area (Å²) in [7, 11) is -3.47. The van der Waals surface area contributed by atoms with E-state index in [0.29, 0.717) is 24.3 Å². The van der Waals surface area contributed by atoms with Crippen molar-refractivity contribution in [2.24, 2.45) is 0 Å². The van der Waals surface area contributed by atoms with Crippen LogP contribution in [0.3, 0.4) is 0 Å². The molecule has 3 aromatic rings. The van der Waals surface area contributed by atoms with Crippen LogP contribution in [-0.2, 0) is 27.5 Å². The summed E-state index contributed by atoms with van der Waals surface area (Å²) in [5.41, 5.74) is 8.11. The number of aliphatic hydroxyl groups excluding tert-OH is 1. The molecule has 0 saturated carbocycles. The predicted molar refractivity (Wildman–Crippen MR) is 139 cm³/mol. The van der Waals surface area contributed by atoms with Crippen molar-refractivity contribution in [3.05, 3.63) is 77.5 Å². The molecule has 0 saturated heterocycles. The third kappa shape index (κ3) is 7.51. The van der Waals surface area contributed by atoms with Gasteiger partial charge in [0, 0.05) is 24.3 Å². The number of nitrogens with two attached hydrogens (primary N) is 1. The molecule has 1 heterocycles. The average Bonchev–Trinajstić information content (AvgIpc) is 2.84. The second-order valence-corrected chi connectivity index (χ2v) is 11.0. The number of amides is 1. The molecule has 10 heteroatoms. The first-order chi connectivity index (χ1) is 17.1. The molecule has 0 unspecified atom stereocenters. The van der Waals surface area contributed by atoms with E-state index in [1.807, 2.05) is 31.2 Å². The van der Waals surface area contributed by atoms with E-state index in [4.69, 9.17) is 5.73 Å². The minimum Gasteiger partial charge on any atom is -0.506 e. The molecule has 0 bridgehead atoms. The Bertz CT molecular complexity index is 1300. The zero-order valence-corrected chi connectivity index (χ0v) is 21.1. The molecule has 192 valence electrons. The highest BCUT2D eigenvalue weighted by Gasteiger charge is 2.16. The number of nitrogens with zero attached hydrogens (tertiary/aromatic N) is 1. The van der Waals surface area contributed by atoms with Gasteiger partial charge in [-0.3, -0.25) is 4.79 Å². The van der Waals surface area contributed by atoms with E-state index in [-0.39, 0.29) is 40.5 Å². The van der Waals surface area contributed by atoms with E-state index in [1.165, 1.54) is 25.1 Å². The molecule has 2 aromatic carbocycles. The van der Waals surface area contributed by atoms with Crippen LogP contribution in [0.25, 0.3) is 0 Å². The number of aromatic hydroxyl groups is 1. The van der Waals surface area contributed by atoms with Crippen molar-refractivity contribution >= 4 is 27.2 Å². The zero-order valence-electron chi connectivity index (χ0n) is 20.3. The van der Waals surface area contributed by atoms with Gasteiger partial charge >= 0.3 is 0 Å². The summed E-state index contributed by atoms with van der Waals surface area (Å²) >= 11 is 0. The maximum Gasteiger partial charge on any atom is 0.228 e. The van der Waals surface area contributed by atoms with Crippen LogP contribution in [0, 0.1) is 0 Å². The standard InChI is InChI=1S/C26H32N4O5S/c1-3-36(34,35)21-8-9-23(31)22(14-21)30-26(33)13-19-6-4-5-18(12-19)11-17(2)28-16-24(32)20-7-10-25(27)29-15-20/h4-10,12,14-15,17,24,28,31-32H,3,11,13,16H2,1-2H3,(H2,27,29)(H,30,33)/t17-,24-/m1/s1. The molecule has 0 fully saturated rings. The molecule has 0 aliphatic carbocycles. The molecule has 36 heavy (non-hydrogen) atoms. The van der Waals surface area contributed by atoms with Gasteiger partial charge in [-0.1, -0.05) is 37.3 Å². The molecule has 0 aliphatic heterocycles. The van der Waals surface area contributed by atoms with E-state index in [9.17, 15) is 23.4 Å². The summed E-state index contributed by atoms with van der Waals surface area (Å²) in [5.74, 6) is -0.262. The smallest absolute Gasteiger partial charge is 0.228 e. The molecule has 0 radical (unpaired) electrons. The summed E-state index contributed by atoms with van der Waals surface area (Å²) in [6.07, 6.45) is 1.58. The number of nitrogen functional groups attached to an aromatic ring is 1. The first kappa shape index (κ1) is 27.1. The van der Waals surface area contributed by atoms with Crippen molar-refractivity contribution in [3.63, 3.8) is 0 Å². The van der Waals surface area contributed by atoms with Crippen molar-refractivity contribution in [1.29, 1.82) is 0 Å². The highest BCUT2D eigenvalue weighted by Crippen LogP contribution is 2.27. The van der Waals surface area contributed by atoms with E-state index in [2.05, 4.69) is 15.6 Å². The number of anilines is 2. The summed E-state index contributed by atoms with van der Waals surface area (Å²) in [6.45, 7) is 3.89. The lowest BCUT2D eigenvalue weighted by atomic mass is 10.0. The molecule has 9 nitrogen and oxygen atoms in total. The SMILES string of the molecule is CCS(=O)(=O)c1ccc(O)c(NC(=O)Cc2cccc(C[C@@H](C)NC[C@@H](O)c3ccc(N)nc3)c2)c1. The molecule has 3 rings (SSSR count). The second kappa shape index (κ2) is 12.0. The lowest BCUT2D eigenvalue weighted by Crippen LogP contribution is -2.32. The number of aromatic nitrogens is 1. The average molecular weight is 513 g/mol. The quantitative estimate of drug-likeness (QED) is 0.246. The van der Waals surface area contributed by atoms with Gasteiger partial charge in [-0.25, -0.2) is 13.4 Å². The minimum absolute atomic E-state index is 0.0411.